The number of ether oxygens (including phenoxy) is 6. The summed E-state index contributed by atoms with van der Waals surface area (Å²) in [6, 6.07) is 9.91. The van der Waals surface area contributed by atoms with Crippen LogP contribution in [0.5, 0.6) is 11.5 Å². The van der Waals surface area contributed by atoms with E-state index in [0.29, 0.717) is 24.5 Å². The number of aliphatic hydroxyl groups is 2. The van der Waals surface area contributed by atoms with Crippen molar-refractivity contribution in [2.45, 2.75) is 103 Å². The van der Waals surface area contributed by atoms with Gasteiger partial charge in [0.1, 0.15) is 28.8 Å². The predicted octanol–water partition coefficient (Wildman–Crippen LogP) is 3.62. The van der Waals surface area contributed by atoms with Crippen LogP contribution in [0, 0.1) is 10.1 Å². The van der Waals surface area contributed by atoms with Crippen LogP contribution < -0.4 is 15.2 Å². The van der Waals surface area contributed by atoms with Gasteiger partial charge in [0.15, 0.2) is 13.6 Å². The summed E-state index contributed by atoms with van der Waals surface area (Å²) < 4.78 is 31.6. The highest BCUT2D eigenvalue weighted by Crippen LogP contribution is 2.31. The van der Waals surface area contributed by atoms with Gasteiger partial charge in [-0.2, -0.15) is 0 Å². The van der Waals surface area contributed by atoms with E-state index in [4.69, 9.17) is 34.2 Å². The number of carbonyl (C=O) groups excluding carboxylic acids is 2. The van der Waals surface area contributed by atoms with Gasteiger partial charge in [-0.3, -0.25) is 19.9 Å². The van der Waals surface area contributed by atoms with Gasteiger partial charge in [-0.1, -0.05) is 12.1 Å². The molecule has 0 spiro atoms. The fourth-order valence-electron chi connectivity index (χ4n) is 5.76. The Labute approximate surface area is 304 Å². The maximum atomic E-state index is 12.7. The second-order valence-corrected chi connectivity index (χ2v) is 14.6. The Bertz CT molecular complexity index is 1510. The third-order valence-corrected chi connectivity index (χ3v) is 8.10. The average molecular weight is 735 g/mol. The Morgan fingerprint density at radius 1 is 0.788 bits per heavy atom. The van der Waals surface area contributed by atoms with Crippen molar-refractivity contribution in [1.29, 1.82) is 0 Å². The van der Waals surface area contributed by atoms with E-state index < -0.39 is 59.1 Å². The molecule has 0 bridgehead atoms. The van der Waals surface area contributed by atoms with Crippen LogP contribution in [0.1, 0.15) is 63.8 Å². The number of methoxy groups -OCH3 is 2. The van der Waals surface area contributed by atoms with E-state index >= 15 is 0 Å². The third-order valence-electron chi connectivity index (χ3n) is 8.10. The second-order valence-electron chi connectivity index (χ2n) is 14.6. The van der Waals surface area contributed by atoms with Gasteiger partial charge in [0.2, 0.25) is 6.54 Å². The molecule has 2 aliphatic heterocycles. The van der Waals surface area contributed by atoms with Crippen LogP contribution in [0.4, 0.5) is 9.59 Å². The van der Waals surface area contributed by atoms with Crippen molar-refractivity contribution in [3.63, 3.8) is 0 Å². The number of rotatable bonds is 11. The number of nitro groups is 1. The first-order valence-electron chi connectivity index (χ1n) is 17.0. The van der Waals surface area contributed by atoms with Crippen molar-refractivity contribution in [2.75, 3.05) is 40.9 Å². The largest absolute Gasteiger partial charge is 0.468 e. The Balaban J connectivity index is 0.000000281. The highest BCUT2D eigenvalue weighted by atomic mass is 16.7. The zero-order chi connectivity index (χ0) is 38.8. The predicted molar refractivity (Wildman–Crippen MR) is 189 cm³/mol. The fourth-order valence-corrected chi connectivity index (χ4v) is 5.76. The number of amides is 2. The van der Waals surface area contributed by atoms with E-state index in [1.807, 2.05) is 45.0 Å². The number of aliphatic hydroxyl groups excluding tert-OH is 2. The van der Waals surface area contributed by atoms with E-state index in [1.165, 1.54) is 12.0 Å². The number of carbonyl (C=O) groups is 2. The molecule has 290 valence electrons. The van der Waals surface area contributed by atoms with Crippen molar-refractivity contribution in [3.05, 3.63) is 68.8 Å². The van der Waals surface area contributed by atoms with E-state index in [0.717, 1.165) is 22.3 Å². The molecule has 0 fully saturated rings. The van der Waals surface area contributed by atoms with Gasteiger partial charge < -0.3 is 44.4 Å². The van der Waals surface area contributed by atoms with Gasteiger partial charge in [-0.15, -0.1) is 0 Å². The molecule has 0 unspecified atom stereocenters. The van der Waals surface area contributed by atoms with Crippen LogP contribution in [0.3, 0.4) is 0 Å². The SMILES string of the molecule is COCOc1ccc2c(c1)CN(C(=O)OC(C)(C)C)[C@H]([C@H](O)CN)C2.COCOc1ccc2c(c1)CN(C(=O)OC(C)(C)C)[C@H]([C@H](O)C[N+](=O)[O-])C2. The number of hydrogen-bond donors (Lipinski definition) is 3. The Kier molecular flexibility index (Phi) is 15.0. The fraction of sp³-hybridized carbons (Fsp3) is 0.611. The van der Waals surface area contributed by atoms with Crippen molar-refractivity contribution in [3.8, 4) is 11.5 Å². The van der Waals surface area contributed by atoms with E-state index in [9.17, 15) is 29.9 Å². The summed E-state index contributed by atoms with van der Waals surface area (Å²) in [5.74, 6) is 1.26. The lowest BCUT2D eigenvalue weighted by atomic mass is 9.91. The average Bonchev–Trinajstić information content (AvgIpc) is 3.06. The maximum absolute atomic E-state index is 12.7. The van der Waals surface area contributed by atoms with Gasteiger partial charge in [0.25, 0.3) is 0 Å². The summed E-state index contributed by atoms with van der Waals surface area (Å²) in [6.45, 7) is 10.8. The quantitative estimate of drug-likeness (QED) is 0.172. The number of benzene rings is 2. The lowest BCUT2D eigenvalue weighted by Gasteiger charge is -2.39. The minimum absolute atomic E-state index is 0.0777. The molecule has 2 aromatic carbocycles. The summed E-state index contributed by atoms with van der Waals surface area (Å²) in [5.41, 5.74) is 8.04. The molecule has 0 aromatic heterocycles. The second kappa shape index (κ2) is 18.5. The molecule has 16 heteroatoms. The van der Waals surface area contributed by atoms with E-state index in [1.54, 1.807) is 44.9 Å². The van der Waals surface area contributed by atoms with Gasteiger partial charge in [-0.25, -0.2) is 9.59 Å². The monoisotopic (exact) mass is 734 g/mol. The van der Waals surface area contributed by atoms with E-state index in [2.05, 4.69) is 0 Å². The van der Waals surface area contributed by atoms with Gasteiger partial charge in [0, 0.05) is 38.8 Å². The standard InChI is InChI=1S/C18H26N2O7.C18H28N2O5/c1-18(2,3)27-17(22)19-9-13-7-14(26-11-25-4)6-5-12(13)8-15(19)16(21)10-20(23)24;1-18(2,3)25-17(22)20-10-13-7-14(24-11-23-4)6-5-12(13)8-15(20)16(21)9-19/h5-7,15-16,21H,8-11H2,1-4H3;5-7,15-16,21H,8-11,19H2,1-4H3/t2*15-,16+/m00/s1. The van der Waals surface area contributed by atoms with Crippen LogP contribution in [0.25, 0.3) is 0 Å². The molecule has 2 heterocycles. The molecule has 0 saturated carbocycles. The minimum Gasteiger partial charge on any atom is -0.468 e. The lowest BCUT2D eigenvalue weighted by Crippen LogP contribution is -2.53. The van der Waals surface area contributed by atoms with Crippen LogP contribution in [-0.4, -0.2) is 114 Å². The summed E-state index contributed by atoms with van der Waals surface area (Å²) in [5, 5.41) is 31.4. The minimum atomic E-state index is -1.30. The first kappa shape index (κ1) is 42.2. The van der Waals surface area contributed by atoms with E-state index in [-0.39, 0.29) is 33.1 Å². The first-order valence-corrected chi connectivity index (χ1v) is 17.0. The molecule has 2 aromatic rings. The van der Waals surface area contributed by atoms with Gasteiger partial charge >= 0.3 is 12.2 Å². The number of hydrogen-bond acceptors (Lipinski definition) is 13. The van der Waals surface area contributed by atoms with Gasteiger partial charge in [0.05, 0.1) is 18.2 Å². The third kappa shape index (κ3) is 12.5. The zero-order valence-electron chi connectivity index (χ0n) is 31.3. The highest BCUT2D eigenvalue weighted by molar-refractivity contribution is 5.70. The Hall–Kier alpha value is -4.22. The van der Waals surface area contributed by atoms with Crippen LogP contribution >= 0.6 is 0 Å². The molecule has 0 saturated heterocycles. The summed E-state index contributed by atoms with van der Waals surface area (Å²) >= 11 is 0. The Morgan fingerprint density at radius 3 is 1.54 bits per heavy atom. The maximum Gasteiger partial charge on any atom is 0.410 e. The number of nitrogens with two attached hydrogens (primary N) is 1. The molecule has 0 aliphatic carbocycles. The summed E-state index contributed by atoms with van der Waals surface area (Å²) in [4.78, 5) is 38.4. The molecular weight excluding hydrogens is 680 g/mol. The van der Waals surface area contributed by atoms with Crippen molar-refractivity contribution in [2.24, 2.45) is 5.73 Å². The topological polar surface area (TPSA) is 206 Å². The molecule has 2 amide bonds. The van der Waals surface area contributed by atoms with Crippen LogP contribution in [0.2, 0.25) is 0 Å². The summed E-state index contributed by atoms with van der Waals surface area (Å²) in [6.07, 6.45) is -2.40. The smallest absolute Gasteiger partial charge is 0.410 e. The van der Waals surface area contributed by atoms with Crippen molar-refractivity contribution < 1.29 is 53.1 Å². The van der Waals surface area contributed by atoms with Crippen LogP contribution in [0.15, 0.2) is 36.4 Å². The van der Waals surface area contributed by atoms with Gasteiger partial charge in [-0.05, 0) is 101 Å². The molecule has 16 nitrogen and oxygen atoms in total. The normalized spacial score (nSPS) is 18.1. The molecule has 4 N–H and O–H groups in total. The van der Waals surface area contributed by atoms with Crippen molar-refractivity contribution in [1.82, 2.24) is 9.80 Å². The lowest BCUT2D eigenvalue weighted by molar-refractivity contribution is -0.491. The molecule has 2 aliphatic rings. The molecule has 52 heavy (non-hydrogen) atoms. The molecular formula is C36H54N4O12. The summed E-state index contributed by atoms with van der Waals surface area (Å²) in [7, 11) is 3.07. The first-order chi connectivity index (χ1) is 24.3. The molecule has 0 radical (unpaired) electrons. The molecule has 4 atom stereocenters. The Morgan fingerprint density at radius 2 is 1.19 bits per heavy atom. The van der Waals surface area contributed by atoms with Crippen molar-refractivity contribution >= 4 is 12.2 Å². The zero-order valence-corrected chi connectivity index (χ0v) is 31.3. The number of nitrogens with zero attached hydrogens (tertiary/aromatic N) is 3. The highest BCUT2D eigenvalue weighted by Gasteiger charge is 2.39. The number of fused-ring (bicyclic) bond motifs is 2. The molecule has 4 rings (SSSR count). The van der Waals surface area contributed by atoms with Crippen LogP contribution in [-0.2, 0) is 44.9 Å².